The zero-order valence-electron chi connectivity index (χ0n) is 18.3. The molecular weight excluding hydrogens is 370 g/mol. The minimum Gasteiger partial charge on any atom is -0.292 e. The van der Waals surface area contributed by atoms with Crippen molar-refractivity contribution in [2.24, 2.45) is 0 Å². The van der Waals surface area contributed by atoms with E-state index in [9.17, 15) is 10.1 Å². The van der Waals surface area contributed by atoms with Gasteiger partial charge in [0.15, 0.2) is 0 Å². The summed E-state index contributed by atoms with van der Waals surface area (Å²) in [6, 6.07) is 18.0. The second-order valence-corrected chi connectivity index (χ2v) is 8.03. The number of unbranched alkanes of at least 4 members (excludes halogenated alkanes) is 1. The third-order valence-electron chi connectivity index (χ3n) is 5.46. The van der Waals surface area contributed by atoms with Gasteiger partial charge in [0.2, 0.25) is 0 Å². The Labute approximate surface area is 178 Å². The fraction of sp³-hybridized carbons (Fsp3) is 0.346. The summed E-state index contributed by atoms with van der Waals surface area (Å²) in [5.74, 6) is 1.00. The largest absolute Gasteiger partial charge is 0.292 e. The molecule has 2 aromatic carbocycles. The van der Waals surface area contributed by atoms with Gasteiger partial charge in [0.25, 0.3) is 5.56 Å². The van der Waals surface area contributed by atoms with Crippen LogP contribution in [0, 0.1) is 18.3 Å². The van der Waals surface area contributed by atoms with E-state index in [0.717, 1.165) is 53.0 Å². The maximum atomic E-state index is 13.3. The number of benzene rings is 2. The molecule has 0 aliphatic carbocycles. The van der Waals surface area contributed by atoms with Crippen LogP contribution in [0.3, 0.4) is 0 Å². The normalized spacial score (nSPS) is 10.9. The summed E-state index contributed by atoms with van der Waals surface area (Å²) >= 11 is 0. The van der Waals surface area contributed by atoms with Crippen molar-refractivity contribution in [2.45, 2.75) is 59.4 Å². The van der Waals surface area contributed by atoms with Gasteiger partial charge in [0.1, 0.15) is 5.82 Å². The van der Waals surface area contributed by atoms with Crippen LogP contribution in [0.25, 0.3) is 11.1 Å². The number of hydrogen-bond acceptors (Lipinski definition) is 3. The average molecular weight is 400 g/mol. The molecular formula is C26H29N3O. The first-order chi connectivity index (χ1) is 14.5. The quantitative estimate of drug-likeness (QED) is 0.519. The summed E-state index contributed by atoms with van der Waals surface area (Å²) < 4.78 is 1.84. The SMILES string of the molecule is CCCCc1nc(C)c(C(C)C)c(=O)n1Cc1ccc(-c2ccccc2C#N)cc1. The van der Waals surface area contributed by atoms with Crippen LogP contribution in [0.2, 0.25) is 0 Å². The Kier molecular flexibility index (Phi) is 6.84. The molecule has 0 fully saturated rings. The van der Waals surface area contributed by atoms with Gasteiger partial charge in [-0.05, 0) is 42.0 Å². The van der Waals surface area contributed by atoms with Crippen LogP contribution < -0.4 is 5.56 Å². The van der Waals surface area contributed by atoms with Crippen LogP contribution in [0.5, 0.6) is 0 Å². The minimum absolute atomic E-state index is 0.0718. The molecule has 0 amide bonds. The van der Waals surface area contributed by atoms with Gasteiger partial charge >= 0.3 is 0 Å². The molecule has 0 radical (unpaired) electrons. The van der Waals surface area contributed by atoms with E-state index in [1.54, 1.807) is 0 Å². The van der Waals surface area contributed by atoms with Gasteiger partial charge < -0.3 is 0 Å². The van der Waals surface area contributed by atoms with Crippen molar-refractivity contribution in [1.29, 1.82) is 5.26 Å². The first-order valence-corrected chi connectivity index (χ1v) is 10.6. The third kappa shape index (κ3) is 4.52. The molecule has 30 heavy (non-hydrogen) atoms. The lowest BCUT2D eigenvalue weighted by atomic mass is 9.99. The lowest BCUT2D eigenvalue weighted by Crippen LogP contribution is -2.30. The Hall–Kier alpha value is -3.19. The van der Waals surface area contributed by atoms with Crippen LogP contribution in [0.1, 0.15) is 67.7 Å². The summed E-state index contributed by atoms with van der Waals surface area (Å²) in [4.78, 5) is 18.1. The zero-order chi connectivity index (χ0) is 21.7. The van der Waals surface area contributed by atoms with E-state index in [1.165, 1.54) is 0 Å². The van der Waals surface area contributed by atoms with Gasteiger partial charge in [-0.3, -0.25) is 9.36 Å². The zero-order valence-corrected chi connectivity index (χ0v) is 18.3. The van der Waals surface area contributed by atoms with Crippen molar-refractivity contribution in [1.82, 2.24) is 9.55 Å². The fourth-order valence-corrected chi connectivity index (χ4v) is 3.89. The maximum Gasteiger partial charge on any atom is 0.257 e. The van der Waals surface area contributed by atoms with E-state index in [0.29, 0.717) is 12.1 Å². The van der Waals surface area contributed by atoms with E-state index in [4.69, 9.17) is 4.98 Å². The Morgan fingerprint density at radius 1 is 1.10 bits per heavy atom. The molecule has 0 unspecified atom stereocenters. The van der Waals surface area contributed by atoms with Crippen LogP contribution in [-0.4, -0.2) is 9.55 Å². The molecule has 0 aliphatic rings. The molecule has 0 aliphatic heterocycles. The van der Waals surface area contributed by atoms with Gasteiger partial charge in [-0.25, -0.2) is 4.98 Å². The van der Waals surface area contributed by atoms with Crippen molar-refractivity contribution in [2.75, 3.05) is 0 Å². The molecule has 1 heterocycles. The first-order valence-electron chi connectivity index (χ1n) is 10.6. The van der Waals surface area contributed by atoms with Crippen LogP contribution in [-0.2, 0) is 13.0 Å². The Balaban J connectivity index is 1.98. The molecule has 4 heteroatoms. The van der Waals surface area contributed by atoms with Gasteiger partial charge in [-0.1, -0.05) is 69.7 Å². The van der Waals surface area contributed by atoms with E-state index in [-0.39, 0.29) is 11.5 Å². The number of aryl methyl sites for hydroxylation is 2. The van der Waals surface area contributed by atoms with E-state index < -0.39 is 0 Å². The number of rotatable bonds is 7. The monoisotopic (exact) mass is 399 g/mol. The highest BCUT2D eigenvalue weighted by atomic mass is 16.1. The van der Waals surface area contributed by atoms with Crippen molar-refractivity contribution in [3.8, 4) is 17.2 Å². The highest BCUT2D eigenvalue weighted by Gasteiger charge is 2.17. The number of hydrogen-bond donors (Lipinski definition) is 0. The number of nitrogens with zero attached hydrogens (tertiary/aromatic N) is 3. The van der Waals surface area contributed by atoms with E-state index in [1.807, 2.05) is 73.9 Å². The first kappa shape index (κ1) is 21.5. The second-order valence-electron chi connectivity index (χ2n) is 8.03. The summed E-state index contributed by atoms with van der Waals surface area (Å²) in [5.41, 5.74) is 5.35. The topological polar surface area (TPSA) is 58.7 Å². The van der Waals surface area contributed by atoms with Crippen LogP contribution in [0.15, 0.2) is 53.3 Å². The molecule has 0 atom stereocenters. The van der Waals surface area contributed by atoms with Crippen molar-refractivity contribution in [3.63, 3.8) is 0 Å². The molecule has 154 valence electrons. The molecule has 4 nitrogen and oxygen atoms in total. The maximum absolute atomic E-state index is 13.3. The lowest BCUT2D eigenvalue weighted by Gasteiger charge is -2.17. The Morgan fingerprint density at radius 3 is 2.43 bits per heavy atom. The standard InChI is InChI=1S/C26H29N3O/c1-5-6-11-24-28-19(4)25(18(2)3)26(30)29(24)17-20-12-14-21(15-13-20)23-10-8-7-9-22(23)16-27/h7-10,12-15,18H,5-6,11,17H2,1-4H3. The summed E-state index contributed by atoms with van der Waals surface area (Å²) in [7, 11) is 0. The smallest absolute Gasteiger partial charge is 0.257 e. The summed E-state index contributed by atoms with van der Waals surface area (Å²) in [6.07, 6.45) is 2.88. The predicted octanol–water partition coefficient (Wildman–Crippen LogP) is 5.60. The highest BCUT2D eigenvalue weighted by molar-refractivity contribution is 5.70. The van der Waals surface area contributed by atoms with E-state index >= 15 is 0 Å². The van der Waals surface area contributed by atoms with Crippen molar-refractivity contribution in [3.05, 3.63) is 87.1 Å². The summed E-state index contributed by atoms with van der Waals surface area (Å²) in [6.45, 7) is 8.68. The fourth-order valence-electron chi connectivity index (χ4n) is 3.89. The van der Waals surface area contributed by atoms with Gasteiger partial charge in [0, 0.05) is 17.7 Å². The highest BCUT2D eigenvalue weighted by Crippen LogP contribution is 2.24. The van der Waals surface area contributed by atoms with Gasteiger partial charge in [0.05, 0.1) is 18.2 Å². The summed E-state index contributed by atoms with van der Waals surface area (Å²) in [5, 5.41) is 9.36. The number of aromatic nitrogens is 2. The molecule has 3 rings (SSSR count). The molecule has 3 aromatic rings. The Bertz CT molecular complexity index is 1120. The lowest BCUT2D eigenvalue weighted by molar-refractivity contribution is 0.615. The molecule has 0 bridgehead atoms. The molecule has 0 spiro atoms. The molecule has 0 saturated carbocycles. The van der Waals surface area contributed by atoms with Crippen LogP contribution >= 0.6 is 0 Å². The van der Waals surface area contributed by atoms with E-state index in [2.05, 4.69) is 13.0 Å². The van der Waals surface area contributed by atoms with Gasteiger partial charge in [-0.2, -0.15) is 5.26 Å². The third-order valence-corrected chi connectivity index (χ3v) is 5.46. The van der Waals surface area contributed by atoms with Crippen molar-refractivity contribution < 1.29 is 0 Å². The average Bonchev–Trinajstić information content (AvgIpc) is 2.74. The Morgan fingerprint density at radius 2 is 1.80 bits per heavy atom. The minimum atomic E-state index is 0.0718. The second kappa shape index (κ2) is 9.54. The van der Waals surface area contributed by atoms with Crippen molar-refractivity contribution >= 4 is 0 Å². The predicted molar refractivity (Wildman–Crippen MR) is 122 cm³/mol. The van der Waals surface area contributed by atoms with Crippen LogP contribution in [0.4, 0.5) is 0 Å². The van der Waals surface area contributed by atoms with Gasteiger partial charge in [-0.15, -0.1) is 0 Å². The number of nitriles is 1. The molecule has 1 aromatic heterocycles. The molecule has 0 saturated heterocycles. The molecule has 0 N–H and O–H groups in total.